The number of nitro groups is 1. The Kier molecular flexibility index (Phi) is 4.46. The summed E-state index contributed by atoms with van der Waals surface area (Å²) in [5.41, 5.74) is 2.20. The maximum absolute atomic E-state index is 10.8. The SMILES string of the molecule is CNC(Cc1ccc([N+](=O)[O-])c(C)c1)C(C)(C)C. The first-order valence-corrected chi connectivity index (χ1v) is 6.17. The van der Waals surface area contributed by atoms with Crippen LogP contribution in [0.25, 0.3) is 0 Å². The lowest BCUT2D eigenvalue weighted by atomic mass is 9.83. The minimum Gasteiger partial charge on any atom is -0.316 e. The molecule has 0 aromatic heterocycles. The summed E-state index contributed by atoms with van der Waals surface area (Å²) in [7, 11) is 1.95. The van der Waals surface area contributed by atoms with Gasteiger partial charge in [0.25, 0.3) is 5.69 Å². The summed E-state index contributed by atoms with van der Waals surface area (Å²) in [6, 6.07) is 5.70. The van der Waals surface area contributed by atoms with Gasteiger partial charge < -0.3 is 5.32 Å². The van der Waals surface area contributed by atoms with Gasteiger partial charge >= 0.3 is 0 Å². The molecule has 100 valence electrons. The third kappa shape index (κ3) is 3.53. The van der Waals surface area contributed by atoms with E-state index >= 15 is 0 Å². The molecule has 0 aliphatic heterocycles. The maximum atomic E-state index is 10.8. The van der Waals surface area contributed by atoms with Crippen LogP contribution in [0.5, 0.6) is 0 Å². The Bertz CT molecular complexity index is 436. The van der Waals surface area contributed by atoms with E-state index in [4.69, 9.17) is 0 Å². The molecule has 4 nitrogen and oxygen atoms in total. The second-order valence-electron chi connectivity index (χ2n) is 5.79. The lowest BCUT2D eigenvalue weighted by Gasteiger charge is -2.30. The molecule has 0 aliphatic carbocycles. The van der Waals surface area contributed by atoms with E-state index in [1.165, 1.54) is 0 Å². The maximum Gasteiger partial charge on any atom is 0.272 e. The van der Waals surface area contributed by atoms with Crippen LogP contribution in [-0.2, 0) is 6.42 Å². The van der Waals surface area contributed by atoms with Crippen LogP contribution in [0.1, 0.15) is 31.9 Å². The second-order valence-corrected chi connectivity index (χ2v) is 5.79. The molecule has 0 fully saturated rings. The van der Waals surface area contributed by atoms with Crippen molar-refractivity contribution in [3.8, 4) is 0 Å². The van der Waals surface area contributed by atoms with Crippen LogP contribution < -0.4 is 5.32 Å². The highest BCUT2D eigenvalue weighted by Gasteiger charge is 2.23. The van der Waals surface area contributed by atoms with Crippen molar-refractivity contribution in [1.82, 2.24) is 5.32 Å². The normalized spacial score (nSPS) is 13.4. The molecule has 1 N–H and O–H groups in total. The molecule has 0 radical (unpaired) electrons. The predicted octanol–water partition coefficient (Wildman–Crippen LogP) is 3.08. The number of nitrogens with one attached hydrogen (secondary N) is 1. The monoisotopic (exact) mass is 250 g/mol. The van der Waals surface area contributed by atoms with Crippen molar-refractivity contribution in [2.75, 3.05) is 7.05 Å². The first-order valence-electron chi connectivity index (χ1n) is 6.17. The molecule has 1 aromatic rings. The number of rotatable bonds is 4. The standard InChI is InChI=1S/C14H22N2O2/c1-10-8-11(6-7-12(10)16(17)18)9-13(15-5)14(2,3)4/h6-8,13,15H,9H2,1-5H3. The molecule has 0 saturated carbocycles. The topological polar surface area (TPSA) is 55.2 Å². The lowest BCUT2D eigenvalue weighted by Crippen LogP contribution is -2.39. The number of aryl methyl sites for hydroxylation is 1. The Morgan fingerprint density at radius 3 is 2.39 bits per heavy atom. The quantitative estimate of drug-likeness (QED) is 0.660. The van der Waals surface area contributed by atoms with Gasteiger partial charge in [0.15, 0.2) is 0 Å². The molecule has 1 aromatic carbocycles. The number of nitro benzene ring substituents is 1. The molecule has 4 heteroatoms. The highest BCUT2D eigenvalue weighted by Crippen LogP contribution is 2.25. The Morgan fingerprint density at radius 2 is 2.00 bits per heavy atom. The van der Waals surface area contributed by atoms with Crippen LogP contribution >= 0.6 is 0 Å². The average Bonchev–Trinajstić information content (AvgIpc) is 2.23. The fourth-order valence-corrected chi connectivity index (χ4v) is 2.13. The summed E-state index contributed by atoms with van der Waals surface area (Å²) >= 11 is 0. The van der Waals surface area contributed by atoms with Gasteiger partial charge in [-0.3, -0.25) is 10.1 Å². The van der Waals surface area contributed by atoms with Gasteiger partial charge in [0.1, 0.15) is 0 Å². The van der Waals surface area contributed by atoms with Crippen LogP contribution in [0.4, 0.5) is 5.69 Å². The van der Waals surface area contributed by atoms with Crippen molar-refractivity contribution in [2.45, 2.75) is 40.2 Å². The zero-order valence-electron chi connectivity index (χ0n) is 11.8. The number of benzene rings is 1. The van der Waals surface area contributed by atoms with Crippen molar-refractivity contribution in [3.63, 3.8) is 0 Å². The van der Waals surface area contributed by atoms with Crippen LogP contribution in [0, 0.1) is 22.5 Å². The van der Waals surface area contributed by atoms with Crippen LogP contribution in [0.15, 0.2) is 18.2 Å². The van der Waals surface area contributed by atoms with Crippen molar-refractivity contribution in [3.05, 3.63) is 39.4 Å². The van der Waals surface area contributed by atoms with E-state index < -0.39 is 0 Å². The molecule has 1 atom stereocenters. The largest absolute Gasteiger partial charge is 0.316 e. The molecule has 0 aliphatic rings. The molecular formula is C14H22N2O2. The minimum absolute atomic E-state index is 0.157. The Balaban J connectivity index is 2.92. The molecule has 1 unspecified atom stereocenters. The third-order valence-electron chi connectivity index (χ3n) is 3.29. The van der Waals surface area contributed by atoms with Gasteiger partial charge in [-0.1, -0.05) is 26.8 Å². The Labute approximate surface area is 109 Å². The van der Waals surface area contributed by atoms with Gasteiger partial charge in [0, 0.05) is 17.7 Å². The third-order valence-corrected chi connectivity index (χ3v) is 3.29. The van der Waals surface area contributed by atoms with E-state index in [1.807, 2.05) is 19.2 Å². The highest BCUT2D eigenvalue weighted by atomic mass is 16.6. The molecule has 0 heterocycles. The summed E-state index contributed by atoms with van der Waals surface area (Å²) in [5.74, 6) is 0. The van der Waals surface area contributed by atoms with E-state index in [2.05, 4.69) is 26.1 Å². The molecule has 0 amide bonds. The van der Waals surface area contributed by atoms with Gasteiger partial charge in [-0.15, -0.1) is 0 Å². The number of likely N-dealkylation sites (N-methyl/N-ethyl adjacent to an activating group) is 1. The summed E-state index contributed by atoms with van der Waals surface area (Å²) in [6.45, 7) is 8.35. The number of hydrogen-bond donors (Lipinski definition) is 1. The number of hydrogen-bond acceptors (Lipinski definition) is 3. The average molecular weight is 250 g/mol. The van der Waals surface area contributed by atoms with E-state index in [1.54, 1.807) is 13.0 Å². The molecule has 0 spiro atoms. The van der Waals surface area contributed by atoms with Crippen molar-refractivity contribution in [1.29, 1.82) is 0 Å². The second kappa shape index (κ2) is 5.48. The van der Waals surface area contributed by atoms with Gasteiger partial charge in [-0.25, -0.2) is 0 Å². The van der Waals surface area contributed by atoms with Crippen LogP contribution in [0.3, 0.4) is 0 Å². The van der Waals surface area contributed by atoms with E-state index in [9.17, 15) is 10.1 Å². The van der Waals surface area contributed by atoms with Crippen LogP contribution in [0.2, 0.25) is 0 Å². The molecule has 0 bridgehead atoms. The van der Waals surface area contributed by atoms with Crippen molar-refractivity contribution < 1.29 is 4.92 Å². The van der Waals surface area contributed by atoms with Crippen LogP contribution in [-0.4, -0.2) is 18.0 Å². The lowest BCUT2D eigenvalue weighted by molar-refractivity contribution is -0.385. The Morgan fingerprint density at radius 1 is 1.39 bits per heavy atom. The summed E-state index contributed by atoms with van der Waals surface area (Å²) < 4.78 is 0. The van der Waals surface area contributed by atoms with Crippen molar-refractivity contribution in [2.24, 2.45) is 5.41 Å². The molecule has 18 heavy (non-hydrogen) atoms. The first-order chi connectivity index (χ1) is 8.25. The van der Waals surface area contributed by atoms with E-state index in [0.29, 0.717) is 6.04 Å². The minimum atomic E-state index is -0.335. The first kappa shape index (κ1) is 14.6. The van der Waals surface area contributed by atoms with Crippen molar-refractivity contribution >= 4 is 5.69 Å². The predicted molar refractivity (Wildman–Crippen MR) is 73.8 cm³/mol. The smallest absolute Gasteiger partial charge is 0.272 e. The highest BCUT2D eigenvalue weighted by molar-refractivity contribution is 5.42. The fourth-order valence-electron chi connectivity index (χ4n) is 2.13. The van der Waals surface area contributed by atoms with E-state index in [-0.39, 0.29) is 16.0 Å². The van der Waals surface area contributed by atoms with Gasteiger partial charge in [-0.2, -0.15) is 0 Å². The summed E-state index contributed by atoms with van der Waals surface area (Å²) in [4.78, 5) is 10.4. The molecular weight excluding hydrogens is 228 g/mol. The zero-order valence-corrected chi connectivity index (χ0v) is 11.8. The fraction of sp³-hybridized carbons (Fsp3) is 0.571. The van der Waals surface area contributed by atoms with Gasteiger partial charge in [0.05, 0.1) is 4.92 Å². The zero-order chi connectivity index (χ0) is 13.9. The van der Waals surface area contributed by atoms with Gasteiger partial charge in [-0.05, 0) is 37.4 Å². The molecule has 0 saturated heterocycles. The Hall–Kier alpha value is -1.42. The molecule has 1 rings (SSSR count). The summed E-state index contributed by atoms with van der Waals surface area (Å²) in [5, 5.41) is 14.1. The summed E-state index contributed by atoms with van der Waals surface area (Å²) in [6.07, 6.45) is 0.874. The van der Waals surface area contributed by atoms with Gasteiger partial charge in [0.2, 0.25) is 0 Å². The number of nitrogens with zero attached hydrogens (tertiary/aromatic N) is 1. The van der Waals surface area contributed by atoms with E-state index in [0.717, 1.165) is 17.5 Å².